The molecule has 0 spiro atoms. The first-order valence-corrected chi connectivity index (χ1v) is 4.58. The fourth-order valence-corrected chi connectivity index (χ4v) is 0.689. The molecule has 2 N–H and O–H groups in total. The summed E-state index contributed by atoms with van der Waals surface area (Å²) in [5, 5.41) is 0. The second kappa shape index (κ2) is 6.08. The van der Waals surface area contributed by atoms with Crippen LogP contribution in [0.15, 0.2) is 18.7 Å². The topological polar surface area (TPSA) is 72.3 Å². The van der Waals surface area contributed by atoms with E-state index in [0.717, 1.165) is 6.54 Å². The van der Waals surface area contributed by atoms with Crippen molar-refractivity contribution in [1.82, 2.24) is 4.57 Å². The third kappa shape index (κ3) is 6.24. The van der Waals surface area contributed by atoms with Crippen molar-refractivity contribution in [1.29, 1.82) is 0 Å². The Morgan fingerprint density at radius 1 is 1.58 bits per heavy atom. The minimum absolute atomic E-state index is 1.06. The Hall–Kier alpha value is -0.480. The van der Waals surface area contributed by atoms with Crippen LogP contribution in [0.5, 0.6) is 0 Å². The van der Waals surface area contributed by atoms with Crippen LogP contribution in [-0.2, 0) is 13.6 Å². The number of imidazole rings is 1. The molecule has 1 aromatic rings. The quantitative estimate of drug-likeness (QED) is 0.438. The van der Waals surface area contributed by atoms with Gasteiger partial charge in [-0.3, -0.25) is 0 Å². The molecular weight excluding hydrogens is 179 g/mol. The molecule has 0 aliphatic rings. The SMILES string of the molecule is CCn1cc[n+](C)c1.[O-]P(O)O. The zero-order chi connectivity index (χ0) is 9.56. The fraction of sp³-hybridized carbons (Fsp3) is 0.500. The Kier molecular flexibility index (Phi) is 5.84. The summed E-state index contributed by atoms with van der Waals surface area (Å²) in [5.74, 6) is 0. The van der Waals surface area contributed by atoms with Gasteiger partial charge in [0.05, 0.1) is 22.2 Å². The molecule has 1 aromatic heterocycles. The van der Waals surface area contributed by atoms with Crippen molar-refractivity contribution < 1.29 is 19.2 Å². The molecule has 6 heteroatoms. The molecule has 0 radical (unpaired) electrons. The molecule has 1 heterocycles. The lowest BCUT2D eigenvalue weighted by atomic mass is 10.7. The van der Waals surface area contributed by atoms with Crippen LogP contribution >= 0.6 is 8.60 Å². The molecule has 1 rings (SSSR count). The normalized spacial score (nSPS) is 9.50. The third-order valence-electron chi connectivity index (χ3n) is 1.19. The molecule has 12 heavy (non-hydrogen) atoms. The standard InChI is InChI=1S/C6H11N2.H2O3P/c1-3-8-5-4-7(2)6-8;1-4(2)3/h4-6H,3H2,1-2H3;1-2H/q+1;-1. The molecule has 0 aliphatic carbocycles. The van der Waals surface area contributed by atoms with Gasteiger partial charge in [0.25, 0.3) is 0 Å². The minimum atomic E-state index is -2.87. The van der Waals surface area contributed by atoms with Crippen molar-refractivity contribution in [3.63, 3.8) is 0 Å². The highest BCUT2D eigenvalue weighted by Crippen LogP contribution is 2.03. The predicted octanol–water partition coefficient (Wildman–Crippen LogP) is -1.11. The van der Waals surface area contributed by atoms with Gasteiger partial charge in [-0.1, -0.05) is 0 Å². The van der Waals surface area contributed by atoms with Gasteiger partial charge >= 0.3 is 0 Å². The van der Waals surface area contributed by atoms with Crippen LogP contribution in [0, 0.1) is 0 Å². The Morgan fingerprint density at radius 3 is 2.25 bits per heavy atom. The van der Waals surface area contributed by atoms with Crippen molar-refractivity contribution in [2.45, 2.75) is 13.5 Å². The zero-order valence-corrected chi connectivity index (χ0v) is 7.98. The lowest BCUT2D eigenvalue weighted by molar-refractivity contribution is -0.671. The van der Waals surface area contributed by atoms with Crippen LogP contribution in [0.25, 0.3) is 0 Å². The highest BCUT2D eigenvalue weighted by Gasteiger charge is 1.92. The van der Waals surface area contributed by atoms with E-state index in [1.807, 2.05) is 17.8 Å². The number of rotatable bonds is 1. The minimum Gasteiger partial charge on any atom is -0.786 e. The van der Waals surface area contributed by atoms with Crippen molar-refractivity contribution >= 4 is 8.60 Å². The first-order valence-electron chi connectivity index (χ1n) is 3.42. The van der Waals surface area contributed by atoms with Crippen molar-refractivity contribution in [3.05, 3.63) is 18.7 Å². The molecule has 0 bridgehead atoms. The highest BCUT2D eigenvalue weighted by atomic mass is 31.2. The van der Waals surface area contributed by atoms with Crippen LogP contribution < -0.4 is 9.46 Å². The second-order valence-electron chi connectivity index (χ2n) is 2.16. The van der Waals surface area contributed by atoms with Gasteiger partial charge in [0.2, 0.25) is 6.33 Å². The lowest BCUT2D eigenvalue weighted by Gasteiger charge is -1.99. The fourth-order valence-electron chi connectivity index (χ4n) is 0.689. The molecule has 5 nitrogen and oxygen atoms in total. The van der Waals surface area contributed by atoms with Crippen molar-refractivity contribution in [2.75, 3.05) is 0 Å². The van der Waals surface area contributed by atoms with E-state index in [0.29, 0.717) is 0 Å². The van der Waals surface area contributed by atoms with Gasteiger partial charge in [-0.05, 0) is 6.92 Å². The van der Waals surface area contributed by atoms with Crippen molar-refractivity contribution in [3.8, 4) is 0 Å². The molecule has 0 atom stereocenters. The molecule has 70 valence electrons. The van der Waals surface area contributed by atoms with Crippen LogP contribution in [-0.4, -0.2) is 14.4 Å². The Labute approximate surface area is 72.5 Å². The average Bonchev–Trinajstić information content (AvgIpc) is 2.34. The summed E-state index contributed by atoms with van der Waals surface area (Å²) in [7, 11) is -0.850. The molecule has 0 saturated heterocycles. The summed E-state index contributed by atoms with van der Waals surface area (Å²) in [6.45, 7) is 3.18. The number of nitrogens with zero attached hydrogens (tertiary/aromatic N) is 2. The Bertz CT molecular complexity index is 212. The largest absolute Gasteiger partial charge is 0.786 e. The summed E-state index contributed by atoms with van der Waals surface area (Å²) in [6.07, 6.45) is 6.14. The Balaban J connectivity index is 0.000000261. The van der Waals surface area contributed by atoms with E-state index in [1.54, 1.807) is 0 Å². The van der Waals surface area contributed by atoms with Gasteiger partial charge in [-0.15, -0.1) is 0 Å². The maximum Gasteiger partial charge on any atom is 0.243 e. The first-order chi connectivity index (χ1) is 5.56. The lowest BCUT2D eigenvalue weighted by Crippen LogP contribution is -2.23. The monoisotopic (exact) mass is 192 g/mol. The Morgan fingerprint density at radius 2 is 2.08 bits per heavy atom. The second-order valence-corrected chi connectivity index (χ2v) is 2.67. The zero-order valence-electron chi connectivity index (χ0n) is 7.08. The van der Waals surface area contributed by atoms with Gasteiger partial charge in [-0.2, -0.15) is 0 Å². The van der Waals surface area contributed by atoms with Gasteiger partial charge in [-0.25, -0.2) is 9.13 Å². The molecule has 0 saturated carbocycles. The van der Waals surface area contributed by atoms with E-state index >= 15 is 0 Å². The van der Waals surface area contributed by atoms with Crippen molar-refractivity contribution in [2.24, 2.45) is 7.05 Å². The molecule has 0 aliphatic heterocycles. The van der Waals surface area contributed by atoms with Crippen LogP contribution in [0.1, 0.15) is 6.92 Å². The summed E-state index contributed by atoms with van der Waals surface area (Å²) in [4.78, 5) is 22.9. The van der Waals surface area contributed by atoms with Gasteiger partial charge in [0, 0.05) is 0 Å². The van der Waals surface area contributed by atoms with E-state index in [-0.39, 0.29) is 0 Å². The first kappa shape index (κ1) is 11.5. The van der Waals surface area contributed by atoms with Crippen LogP contribution in [0.2, 0.25) is 0 Å². The number of aromatic nitrogens is 2. The van der Waals surface area contributed by atoms with Crippen LogP contribution in [0.4, 0.5) is 0 Å². The van der Waals surface area contributed by atoms with E-state index in [2.05, 4.69) is 24.0 Å². The molecule has 0 unspecified atom stereocenters. The maximum atomic E-state index is 8.70. The predicted molar refractivity (Wildman–Crippen MR) is 42.6 cm³/mol. The summed E-state index contributed by atoms with van der Waals surface area (Å²) in [5.41, 5.74) is 0. The van der Waals surface area contributed by atoms with E-state index in [4.69, 9.17) is 14.7 Å². The summed E-state index contributed by atoms with van der Waals surface area (Å²) < 4.78 is 4.16. The molecule has 0 fully saturated rings. The van der Waals surface area contributed by atoms with Gasteiger partial charge in [0.15, 0.2) is 0 Å². The molecule has 0 amide bonds. The average molecular weight is 192 g/mol. The molecule has 0 aromatic carbocycles. The smallest absolute Gasteiger partial charge is 0.243 e. The van der Waals surface area contributed by atoms with E-state index in [9.17, 15) is 0 Å². The third-order valence-corrected chi connectivity index (χ3v) is 1.19. The summed E-state index contributed by atoms with van der Waals surface area (Å²) >= 11 is 0. The maximum absolute atomic E-state index is 8.70. The number of hydrogen-bond acceptors (Lipinski definition) is 3. The van der Waals surface area contributed by atoms with Gasteiger partial charge < -0.3 is 14.7 Å². The summed E-state index contributed by atoms with van der Waals surface area (Å²) in [6, 6.07) is 0. The van der Waals surface area contributed by atoms with Crippen LogP contribution in [0.3, 0.4) is 0 Å². The molecular formula is C6H13N2O3P. The highest BCUT2D eigenvalue weighted by molar-refractivity contribution is 7.36. The van der Waals surface area contributed by atoms with Gasteiger partial charge in [0.1, 0.15) is 12.4 Å². The van der Waals surface area contributed by atoms with E-state index in [1.165, 1.54) is 0 Å². The number of aryl methyl sites for hydroxylation is 2. The number of hydrogen-bond donors (Lipinski definition) is 2. The van der Waals surface area contributed by atoms with E-state index < -0.39 is 8.60 Å².